The van der Waals surface area contributed by atoms with Gasteiger partial charge in [-0.15, -0.1) is 0 Å². The van der Waals surface area contributed by atoms with Gasteiger partial charge in [-0.05, 0) is 48.9 Å². The Hall–Kier alpha value is -2.97. The summed E-state index contributed by atoms with van der Waals surface area (Å²) in [5, 5.41) is 5.39. The highest BCUT2D eigenvalue weighted by molar-refractivity contribution is 7.89. The second-order valence-corrected chi connectivity index (χ2v) is 7.60. The molecule has 0 aliphatic rings. The quantitative estimate of drug-likeness (QED) is 0.591. The van der Waals surface area contributed by atoms with Crippen LogP contribution in [0.3, 0.4) is 0 Å². The van der Waals surface area contributed by atoms with Crippen molar-refractivity contribution in [3.63, 3.8) is 0 Å². The van der Waals surface area contributed by atoms with E-state index in [1.165, 1.54) is 18.2 Å². The summed E-state index contributed by atoms with van der Waals surface area (Å²) in [6.07, 6.45) is 2.92. The fourth-order valence-corrected chi connectivity index (χ4v) is 3.43. The number of benzene rings is 2. The molecule has 0 saturated carbocycles. The van der Waals surface area contributed by atoms with Gasteiger partial charge in [0.25, 0.3) is 5.91 Å². The van der Waals surface area contributed by atoms with Crippen LogP contribution in [0.15, 0.2) is 59.5 Å². The Morgan fingerprint density at radius 3 is 2.36 bits per heavy atom. The normalized spacial score (nSPS) is 11.4. The van der Waals surface area contributed by atoms with Gasteiger partial charge in [0, 0.05) is 30.4 Å². The zero-order chi connectivity index (χ0) is 20.6. The molecule has 28 heavy (non-hydrogen) atoms. The Morgan fingerprint density at radius 2 is 1.71 bits per heavy atom. The van der Waals surface area contributed by atoms with Gasteiger partial charge in [0.2, 0.25) is 15.9 Å². The second-order valence-electron chi connectivity index (χ2n) is 5.83. The molecule has 2 aromatic carbocycles. The van der Waals surface area contributed by atoms with Crippen LogP contribution in [0.1, 0.15) is 29.8 Å². The van der Waals surface area contributed by atoms with Gasteiger partial charge in [-0.3, -0.25) is 9.59 Å². The van der Waals surface area contributed by atoms with E-state index in [-0.39, 0.29) is 16.7 Å². The smallest absolute Gasteiger partial charge is 0.251 e. The lowest BCUT2D eigenvalue weighted by Gasteiger charge is -2.06. The molecule has 148 valence electrons. The third-order valence-corrected chi connectivity index (χ3v) is 5.24. The first-order valence-corrected chi connectivity index (χ1v) is 10.3. The molecule has 0 heterocycles. The Bertz CT molecular complexity index is 967. The molecule has 2 rings (SSSR count). The number of hydrogen-bond acceptors (Lipinski definition) is 4. The van der Waals surface area contributed by atoms with Crippen LogP contribution in [0.25, 0.3) is 6.08 Å². The standard InChI is InChI=1S/C20H23N3O4S/c1-3-21-20(25)16-6-5-7-17(14-16)23-19(24)13-10-15-8-11-18(12-9-15)28(26,27)22-4-2/h5-14,22H,3-4H2,1-2H3,(H,21,25)(H,23,24)/b13-10+. The maximum Gasteiger partial charge on any atom is 0.251 e. The Morgan fingerprint density at radius 1 is 1.00 bits per heavy atom. The molecule has 0 fully saturated rings. The van der Waals surface area contributed by atoms with Crippen molar-refractivity contribution in [2.75, 3.05) is 18.4 Å². The first-order chi connectivity index (χ1) is 13.4. The molecule has 0 aliphatic carbocycles. The van der Waals surface area contributed by atoms with Gasteiger partial charge in [-0.2, -0.15) is 0 Å². The first kappa shape index (κ1) is 21.3. The Kier molecular flexibility index (Phi) is 7.48. The molecule has 0 atom stereocenters. The molecule has 2 aromatic rings. The van der Waals surface area contributed by atoms with Crippen LogP contribution >= 0.6 is 0 Å². The number of hydrogen-bond donors (Lipinski definition) is 3. The number of sulfonamides is 1. The molecule has 0 aliphatic heterocycles. The van der Waals surface area contributed by atoms with Crippen molar-refractivity contribution in [2.45, 2.75) is 18.7 Å². The van der Waals surface area contributed by atoms with Crippen molar-refractivity contribution in [1.82, 2.24) is 10.0 Å². The molecule has 0 spiro atoms. The maximum atomic E-state index is 12.1. The number of amides is 2. The summed E-state index contributed by atoms with van der Waals surface area (Å²) in [6, 6.07) is 12.8. The zero-order valence-corrected chi connectivity index (χ0v) is 16.5. The average Bonchev–Trinajstić information content (AvgIpc) is 2.67. The summed E-state index contributed by atoms with van der Waals surface area (Å²) in [4.78, 5) is 24.1. The molecule has 0 bridgehead atoms. The van der Waals surface area contributed by atoms with Crippen molar-refractivity contribution < 1.29 is 18.0 Å². The van der Waals surface area contributed by atoms with Crippen LogP contribution in [0, 0.1) is 0 Å². The zero-order valence-electron chi connectivity index (χ0n) is 15.7. The van der Waals surface area contributed by atoms with Crippen LogP contribution in [0.2, 0.25) is 0 Å². The predicted octanol–water partition coefficient (Wildman–Crippen LogP) is 2.39. The van der Waals surface area contributed by atoms with E-state index in [2.05, 4.69) is 15.4 Å². The van der Waals surface area contributed by atoms with Gasteiger partial charge < -0.3 is 10.6 Å². The molecule has 0 radical (unpaired) electrons. The molecule has 0 saturated heterocycles. The van der Waals surface area contributed by atoms with Crippen LogP contribution in [0.4, 0.5) is 5.69 Å². The van der Waals surface area contributed by atoms with Crippen LogP contribution in [0.5, 0.6) is 0 Å². The molecular weight excluding hydrogens is 378 g/mol. The molecule has 0 unspecified atom stereocenters. The third-order valence-electron chi connectivity index (χ3n) is 3.68. The van der Waals surface area contributed by atoms with Gasteiger partial charge in [0.15, 0.2) is 0 Å². The second kappa shape index (κ2) is 9.82. The number of rotatable bonds is 8. The van der Waals surface area contributed by atoms with E-state index in [0.29, 0.717) is 29.9 Å². The monoisotopic (exact) mass is 401 g/mol. The lowest BCUT2D eigenvalue weighted by atomic mass is 10.2. The molecule has 8 heteroatoms. The van der Waals surface area contributed by atoms with E-state index in [4.69, 9.17) is 0 Å². The minimum atomic E-state index is -3.50. The minimum Gasteiger partial charge on any atom is -0.352 e. The number of nitrogens with one attached hydrogen (secondary N) is 3. The summed E-state index contributed by atoms with van der Waals surface area (Å²) >= 11 is 0. The Labute approximate surface area is 164 Å². The number of anilines is 1. The van der Waals surface area contributed by atoms with E-state index in [9.17, 15) is 18.0 Å². The van der Waals surface area contributed by atoms with Crippen LogP contribution in [-0.4, -0.2) is 33.3 Å². The van der Waals surface area contributed by atoms with E-state index in [1.54, 1.807) is 49.4 Å². The highest BCUT2D eigenvalue weighted by atomic mass is 32.2. The summed E-state index contributed by atoms with van der Waals surface area (Å²) in [5.74, 6) is -0.570. The lowest BCUT2D eigenvalue weighted by molar-refractivity contribution is -0.111. The fourth-order valence-electron chi connectivity index (χ4n) is 2.39. The minimum absolute atomic E-state index is 0.165. The molecule has 3 N–H and O–H groups in total. The summed E-state index contributed by atoms with van der Waals surface area (Å²) in [7, 11) is -3.50. The van der Waals surface area contributed by atoms with Crippen molar-refractivity contribution in [3.8, 4) is 0 Å². The number of carbonyl (C=O) groups excluding carboxylic acids is 2. The van der Waals surface area contributed by atoms with Gasteiger partial charge in [-0.1, -0.05) is 25.1 Å². The van der Waals surface area contributed by atoms with E-state index in [0.717, 1.165) is 0 Å². The van der Waals surface area contributed by atoms with Gasteiger partial charge in [0.05, 0.1) is 4.90 Å². The lowest BCUT2D eigenvalue weighted by Crippen LogP contribution is -2.22. The molecule has 0 aromatic heterocycles. The van der Waals surface area contributed by atoms with Crippen molar-refractivity contribution in [2.24, 2.45) is 0 Å². The average molecular weight is 401 g/mol. The van der Waals surface area contributed by atoms with Crippen molar-refractivity contribution in [1.29, 1.82) is 0 Å². The maximum absolute atomic E-state index is 12.1. The molecule has 2 amide bonds. The SMILES string of the molecule is CCNC(=O)c1cccc(NC(=O)/C=C/c2ccc(S(=O)(=O)NCC)cc2)c1. The van der Waals surface area contributed by atoms with Crippen LogP contribution < -0.4 is 15.4 Å². The van der Waals surface area contributed by atoms with Gasteiger partial charge in [-0.25, -0.2) is 13.1 Å². The van der Waals surface area contributed by atoms with Gasteiger partial charge >= 0.3 is 0 Å². The molecule has 7 nitrogen and oxygen atoms in total. The van der Waals surface area contributed by atoms with Crippen molar-refractivity contribution >= 4 is 33.6 Å². The van der Waals surface area contributed by atoms with E-state index >= 15 is 0 Å². The summed E-state index contributed by atoms with van der Waals surface area (Å²) < 4.78 is 26.2. The summed E-state index contributed by atoms with van der Waals surface area (Å²) in [5.41, 5.74) is 1.65. The largest absolute Gasteiger partial charge is 0.352 e. The van der Waals surface area contributed by atoms with E-state index < -0.39 is 10.0 Å². The highest BCUT2D eigenvalue weighted by Crippen LogP contribution is 2.13. The topological polar surface area (TPSA) is 104 Å². The van der Waals surface area contributed by atoms with Crippen LogP contribution in [-0.2, 0) is 14.8 Å². The Balaban J connectivity index is 2.02. The van der Waals surface area contributed by atoms with E-state index in [1.807, 2.05) is 6.92 Å². The van der Waals surface area contributed by atoms with Gasteiger partial charge in [0.1, 0.15) is 0 Å². The predicted molar refractivity (Wildman–Crippen MR) is 109 cm³/mol. The summed E-state index contributed by atoms with van der Waals surface area (Å²) in [6.45, 7) is 4.37. The number of carbonyl (C=O) groups is 2. The molecular formula is C20H23N3O4S. The third kappa shape index (κ3) is 6.04. The first-order valence-electron chi connectivity index (χ1n) is 8.82. The van der Waals surface area contributed by atoms with Crippen molar-refractivity contribution in [3.05, 3.63) is 65.7 Å². The fraction of sp³-hybridized carbons (Fsp3) is 0.200. The highest BCUT2D eigenvalue weighted by Gasteiger charge is 2.11.